The zero-order valence-corrected chi connectivity index (χ0v) is 21.0. The van der Waals surface area contributed by atoms with Gasteiger partial charge in [-0.25, -0.2) is 4.99 Å². The van der Waals surface area contributed by atoms with Crippen LogP contribution < -0.4 is 5.32 Å². The maximum atomic E-state index is 13.0. The van der Waals surface area contributed by atoms with Gasteiger partial charge in [0.05, 0.1) is 30.7 Å². The van der Waals surface area contributed by atoms with E-state index in [9.17, 15) is 14.4 Å². The van der Waals surface area contributed by atoms with Gasteiger partial charge in [0.15, 0.2) is 11.0 Å². The van der Waals surface area contributed by atoms with Crippen molar-refractivity contribution in [2.24, 2.45) is 4.99 Å². The largest absolute Gasteiger partial charge is 0.380 e. The highest BCUT2D eigenvalue weighted by molar-refractivity contribution is 8.13. The molecule has 11 heteroatoms. The van der Waals surface area contributed by atoms with Gasteiger partial charge in [-0.2, -0.15) is 0 Å². The van der Waals surface area contributed by atoms with Crippen LogP contribution in [0.15, 0.2) is 76.8 Å². The number of allylic oxidation sites excluding steroid dienone is 2. The summed E-state index contributed by atoms with van der Waals surface area (Å²) in [6, 6.07) is 12.3. The Bertz CT molecular complexity index is 1490. The molecule has 37 heavy (non-hydrogen) atoms. The smallest absolute Gasteiger partial charge is 0.278 e. The van der Waals surface area contributed by atoms with Crippen LogP contribution in [0.4, 0.5) is 0 Å². The van der Waals surface area contributed by atoms with E-state index in [0.29, 0.717) is 57.7 Å². The molecule has 3 heterocycles. The zero-order valence-electron chi connectivity index (χ0n) is 20.2. The molecule has 0 fully saturated rings. The Kier molecular flexibility index (Phi) is 6.78. The van der Waals surface area contributed by atoms with Gasteiger partial charge in [-0.1, -0.05) is 47.3 Å². The number of amides is 1. The summed E-state index contributed by atoms with van der Waals surface area (Å²) in [4.78, 5) is 48.8. The van der Waals surface area contributed by atoms with Gasteiger partial charge in [-0.15, -0.1) is 5.10 Å². The fourth-order valence-electron chi connectivity index (χ4n) is 4.12. The van der Waals surface area contributed by atoms with Crippen LogP contribution in [0, 0.1) is 0 Å². The lowest BCUT2D eigenvalue weighted by molar-refractivity contribution is -0.122. The lowest BCUT2D eigenvalue weighted by Crippen LogP contribution is -2.31. The van der Waals surface area contributed by atoms with Crippen LogP contribution in [0.2, 0.25) is 0 Å². The van der Waals surface area contributed by atoms with Crippen molar-refractivity contribution < 1.29 is 14.4 Å². The molecule has 5 rings (SSSR count). The molecule has 0 radical (unpaired) electrons. The van der Waals surface area contributed by atoms with E-state index in [4.69, 9.17) is 0 Å². The maximum Gasteiger partial charge on any atom is 0.278 e. The van der Waals surface area contributed by atoms with Crippen molar-refractivity contribution in [2.75, 3.05) is 12.8 Å². The van der Waals surface area contributed by atoms with Crippen molar-refractivity contribution in [2.45, 2.75) is 20.0 Å². The van der Waals surface area contributed by atoms with E-state index in [2.05, 4.69) is 25.6 Å². The number of benzene rings is 1. The molecular formula is C26H23N7O3S. The Labute approximate surface area is 217 Å². The van der Waals surface area contributed by atoms with Gasteiger partial charge in [0.2, 0.25) is 5.78 Å². The molecule has 0 saturated carbocycles. The monoisotopic (exact) mass is 513 g/mol. The minimum Gasteiger partial charge on any atom is -0.380 e. The number of ketones is 2. The summed E-state index contributed by atoms with van der Waals surface area (Å²) >= 11 is 1.37. The Morgan fingerprint density at radius 1 is 1.03 bits per heavy atom. The number of aliphatic imine (C=N–C) groups is 1. The lowest BCUT2D eigenvalue weighted by Gasteiger charge is -2.20. The van der Waals surface area contributed by atoms with Gasteiger partial charge in [-0.3, -0.25) is 28.9 Å². The SMILES string of the molecule is CSC1=N/C(=C\c2ccccn2)C(=O)N1Cc1cn(CCNC2=C(C)C(=O)c3ccccc3C2=O)nn1. The minimum atomic E-state index is -0.227. The van der Waals surface area contributed by atoms with Crippen LogP contribution in [0.5, 0.6) is 0 Å². The summed E-state index contributed by atoms with van der Waals surface area (Å²) in [5.74, 6) is -0.578. The number of nitrogens with one attached hydrogen (secondary N) is 1. The summed E-state index contributed by atoms with van der Waals surface area (Å²) in [5, 5.41) is 12.0. The van der Waals surface area contributed by atoms with E-state index in [1.54, 1.807) is 59.2 Å². The first-order valence-corrected chi connectivity index (χ1v) is 12.8. The molecule has 1 N–H and O–H groups in total. The van der Waals surface area contributed by atoms with Gasteiger partial charge in [-0.05, 0) is 31.4 Å². The van der Waals surface area contributed by atoms with Crippen LogP contribution in [-0.2, 0) is 17.9 Å². The minimum absolute atomic E-state index is 0.154. The average Bonchev–Trinajstić information content (AvgIpc) is 3.49. The Morgan fingerprint density at radius 2 is 1.78 bits per heavy atom. The van der Waals surface area contributed by atoms with E-state index >= 15 is 0 Å². The average molecular weight is 514 g/mol. The number of carbonyl (C=O) groups excluding carboxylic acids is 3. The van der Waals surface area contributed by atoms with E-state index in [1.165, 1.54) is 11.8 Å². The van der Waals surface area contributed by atoms with Crippen molar-refractivity contribution in [1.29, 1.82) is 0 Å². The Hall–Kier alpha value is -4.38. The van der Waals surface area contributed by atoms with Crippen LogP contribution >= 0.6 is 11.8 Å². The first-order valence-electron chi connectivity index (χ1n) is 11.6. The molecule has 1 aliphatic heterocycles. The number of hydrogen-bond donors (Lipinski definition) is 1. The molecular weight excluding hydrogens is 490 g/mol. The van der Waals surface area contributed by atoms with Gasteiger partial charge < -0.3 is 5.32 Å². The summed E-state index contributed by atoms with van der Waals surface area (Å²) in [7, 11) is 0. The maximum absolute atomic E-state index is 13.0. The second-order valence-electron chi connectivity index (χ2n) is 8.38. The number of thioether (sulfide) groups is 1. The molecule has 0 bridgehead atoms. The summed E-state index contributed by atoms with van der Waals surface area (Å²) in [6.45, 7) is 2.66. The van der Waals surface area contributed by atoms with Gasteiger partial charge in [0.25, 0.3) is 5.91 Å². The molecule has 1 amide bonds. The van der Waals surface area contributed by atoms with Gasteiger partial charge in [0, 0.05) is 29.4 Å². The van der Waals surface area contributed by atoms with E-state index in [-0.39, 0.29) is 24.0 Å². The normalized spacial score (nSPS) is 16.5. The first kappa shape index (κ1) is 24.3. The number of Topliss-reactive ketones (excluding diaryl/α,β-unsaturated/α-hetero) is 2. The predicted molar refractivity (Wildman–Crippen MR) is 140 cm³/mol. The predicted octanol–water partition coefficient (Wildman–Crippen LogP) is 2.72. The van der Waals surface area contributed by atoms with Crippen molar-refractivity contribution in [1.82, 2.24) is 30.2 Å². The summed E-state index contributed by atoms with van der Waals surface area (Å²) in [5.41, 5.74) is 3.11. The number of carbonyl (C=O) groups is 3. The number of hydrogen-bond acceptors (Lipinski definition) is 9. The molecule has 0 spiro atoms. The number of pyridine rings is 1. The van der Waals surface area contributed by atoms with Crippen molar-refractivity contribution in [3.63, 3.8) is 0 Å². The highest BCUT2D eigenvalue weighted by Crippen LogP contribution is 2.25. The molecule has 2 aromatic heterocycles. The Morgan fingerprint density at radius 3 is 2.51 bits per heavy atom. The van der Waals surface area contributed by atoms with Crippen LogP contribution in [-0.4, -0.2) is 60.3 Å². The molecule has 10 nitrogen and oxygen atoms in total. The third-order valence-electron chi connectivity index (χ3n) is 5.97. The van der Waals surface area contributed by atoms with Crippen LogP contribution in [0.25, 0.3) is 6.08 Å². The quantitative estimate of drug-likeness (QED) is 0.479. The third kappa shape index (κ3) is 4.85. The number of aromatic nitrogens is 4. The Balaban J connectivity index is 1.22. The molecule has 0 saturated heterocycles. The van der Waals surface area contributed by atoms with Crippen molar-refractivity contribution in [3.8, 4) is 0 Å². The second-order valence-corrected chi connectivity index (χ2v) is 9.15. The standard InChI is InChI=1S/C26H23N7O3S/c1-16-22(24(35)20-9-4-3-8-19(20)23(16)34)28-11-12-32-14-18(30-31-32)15-33-25(36)21(29-26(33)37-2)13-17-7-5-6-10-27-17/h3-10,13-14,28H,11-12,15H2,1-2H3/b21-13-. The van der Waals surface area contributed by atoms with Crippen LogP contribution in [0.1, 0.15) is 39.0 Å². The first-order chi connectivity index (χ1) is 18.0. The highest BCUT2D eigenvalue weighted by Gasteiger charge is 2.31. The highest BCUT2D eigenvalue weighted by atomic mass is 32.2. The molecule has 2 aliphatic rings. The van der Waals surface area contributed by atoms with Gasteiger partial charge in [0.1, 0.15) is 11.4 Å². The van der Waals surface area contributed by atoms with Crippen molar-refractivity contribution in [3.05, 3.63) is 94.3 Å². The lowest BCUT2D eigenvalue weighted by atomic mass is 9.88. The number of nitrogens with zero attached hydrogens (tertiary/aromatic N) is 6. The molecule has 1 aliphatic carbocycles. The topological polar surface area (TPSA) is 122 Å². The van der Waals surface area contributed by atoms with E-state index < -0.39 is 0 Å². The molecule has 0 atom stereocenters. The number of fused-ring (bicyclic) bond motifs is 1. The molecule has 0 unspecified atom stereocenters. The fourth-order valence-corrected chi connectivity index (χ4v) is 4.67. The van der Waals surface area contributed by atoms with Crippen LogP contribution in [0.3, 0.4) is 0 Å². The van der Waals surface area contributed by atoms with E-state index in [1.807, 2.05) is 24.5 Å². The van der Waals surface area contributed by atoms with E-state index in [0.717, 1.165) is 0 Å². The van der Waals surface area contributed by atoms with Gasteiger partial charge >= 0.3 is 0 Å². The molecule has 3 aromatic rings. The number of amidine groups is 1. The fraction of sp³-hybridized carbons (Fsp3) is 0.192. The summed E-state index contributed by atoms with van der Waals surface area (Å²) < 4.78 is 1.63. The second kappa shape index (κ2) is 10.3. The molecule has 1 aromatic carbocycles. The number of rotatable bonds is 7. The zero-order chi connectivity index (χ0) is 25.9. The third-order valence-corrected chi connectivity index (χ3v) is 6.65. The van der Waals surface area contributed by atoms with Crippen molar-refractivity contribution >= 4 is 40.5 Å². The summed E-state index contributed by atoms with van der Waals surface area (Å²) in [6.07, 6.45) is 6.93. The molecule has 186 valence electrons.